The summed E-state index contributed by atoms with van der Waals surface area (Å²) in [5.74, 6) is -0.384. The van der Waals surface area contributed by atoms with Gasteiger partial charge in [-0.3, -0.25) is 9.97 Å². The molecule has 0 spiro atoms. The minimum atomic E-state index is -1.16. The summed E-state index contributed by atoms with van der Waals surface area (Å²) in [7, 11) is 0. The number of benzene rings is 1. The summed E-state index contributed by atoms with van der Waals surface area (Å²) >= 11 is 6.37. The van der Waals surface area contributed by atoms with Gasteiger partial charge in [0.05, 0.1) is 29.8 Å². The fourth-order valence-corrected chi connectivity index (χ4v) is 5.57. The molecule has 8 heteroatoms. The summed E-state index contributed by atoms with van der Waals surface area (Å²) in [5, 5.41) is 11.0. The molecule has 1 aliphatic rings. The number of anilines is 1. The summed E-state index contributed by atoms with van der Waals surface area (Å²) in [6, 6.07) is 9.69. The number of ether oxygens (including phenoxy) is 2. The highest BCUT2D eigenvalue weighted by atomic mass is 35.5. The predicted molar refractivity (Wildman–Crippen MR) is 164 cm³/mol. The van der Waals surface area contributed by atoms with E-state index in [0.717, 1.165) is 53.3 Å². The van der Waals surface area contributed by atoms with Crippen LogP contribution in [-0.2, 0) is 16.0 Å². The normalized spacial score (nSPS) is 16.0. The molecule has 0 aliphatic carbocycles. The van der Waals surface area contributed by atoms with E-state index >= 15 is 0 Å². The third-order valence-electron chi connectivity index (χ3n) is 7.66. The second-order valence-corrected chi connectivity index (χ2v) is 13.0. The van der Waals surface area contributed by atoms with E-state index in [1.165, 1.54) is 0 Å². The Morgan fingerprint density at radius 3 is 2.39 bits per heavy atom. The lowest BCUT2D eigenvalue weighted by Gasteiger charge is -2.40. The van der Waals surface area contributed by atoms with Crippen LogP contribution in [0.2, 0.25) is 5.02 Å². The van der Waals surface area contributed by atoms with E-state index in [2.05, 4.69) is 23.7 Å². The molecule has 0 bridgehead atoms. The standard InChI is InChI=1S/C33H42ClN3O4/c1-21-9-8-10-26(34)24(21)13-18-40-23-11-12-27(36-19-23)25-20-35-22(2)28(30(31(38)39)41-32(3,4)5)29(25)37-16-14-33(6,7)15-17-37/h8-12,19-20,30H,13-18H2,1-7H3,(H,38,39)/t30-/m0/s1. The number of nitrogens with zero attached hydrogens (tertiary/aromatic N) is 3. The number of aryl methyl sites for hydroxylation is 2. The average Bonchev–Trinajstić information content (AvgIpc) is 2.89. The molecule has 1 N–H and O–H groups in total. The van der Waals surface area contributed by atoms with Crippen molar-refractivity contribution < 1.29 is 19.4 Å². The van der Waals surface area contributed by atoms with Crippen LogP contribution in [0.15, 0.2) is 42.7 Å². The van der Waals surface area contributed by atoms with Crippen LogP contribution in [0.4, 0.5) is 5.69 Å². The van der Waals surface area contributed by atoms with Crippen molar-refractivity contribution >= 4 is 23.3 Å². The third kappa shape index (κ3) is 7.57. The van der Waals surface area contributed by atoms with Crippen molar-refractivity contribution in [2.75, 3.05) is 24.6 Å². The van der Waals surface area contributed by atoms with Crippen LogP contribution in [0.3, 0.4) is 0 Å². The van der Waals surface area contributed by atoms with Crippen molar-refractivity contribution in [3.8, 4) is 17.0 Å². The van der Waals surface area contributed by atoms with Gasteiger partial charge in [-0.15, -0.1) is 0 Å². The second-order valence-electron chi connectivity index (χ2n) is 12.6. The van der Waals surface area contributed by atoms with E-state index in [9.17, 15) is 9.90 Å². The summed E-state index contributed by atoms with van der Waals surface area (Å²) < 4.78 is 12.1. The Morgan fingerprint density at radius 2 is 1.80 bits per heavy atom. The van der Waals surface area contributed by atoms with Crippen molar-refractivity contribution in [2.45, 2.75) is 79.4 Å². The van der Waals surface area contributed by atoms with Crippen LogP contribution in [0.1, 0.15) is 75.9 Å². The number of aromatic nitrogens is 2. The van der Waals surface area contributed by atoms with Gasteiger partial charge in [-0.05, 0) is 82.2 Å². The van der Waals surface area contributed by atoms with Crippen molar-refractivity contribution in [3.63, 3.8) is 0 Å². The number of carbonyl (C=O) groups is 1. The molecule has 1 fully saturated rings. The van der Waals surface area contributed by atoms with E-state index in [1.54, 1.807) is 12.4 Å². The van der Waals surface area contributed by atoms with Crippen LogP contribution in [0, 0.1) is 19.3 Å². The SMILES string of the molecule is Cc1cccc(Cl)c1CCOc1ccc(-c2cnc(C)c([C@H](OC(C)(C)C)C(=O)O)c2N2CCC(C)(C)CC2)nc1. The third-order valence-corrected chi connectivity index (χ3v) is 8.02. The fourth-order valence-electron chi connectivity index (χ4n) is 5.25. The van der Waals surface area contributed by atoms with Gasteiger partial charge in [0, 0.05) is 47.6 Å². The number of hydrogen-bond acceptors (Lipinski definition) is 6. The first kappa shape index (κ1) is 30.8. The first-order valence-electron chi connectivity index (χ1n) is 14.2. The highest BCUT2D eigenvalue weighted by Crippen LogP contribution is 2.43. The summed E-state index contributed by atoms with van der Waals surface area (Å²) in [6.45, 7) is 16.1. The number of carboxylic acids is 1. The molecule has 0 amide bonds. The molecule has 3 heterocycles. The highest BCUT2D eigenvalue weighted by Gasteiger charge is 2.36. The fraction of sp³-hybridized carbons (Fsp3) is 0.485. The summed E-state index contributed by atoms with van der Waals surface area (Å²) in [5.41, 5.74) is 5.33. The summed E-state index contributed by atoms with van der Waals surface area (Å²) in [4.78, 5) is 24.3. The molecular formula is C33H42ClN3O4. The van der Waals surface area contributed by atoms with Gasteiger partial charge in [0.15, 0.2) is 6.10 Å². The molecule has 220 valence electrons. The molecule has 1 aromatic carbocycles. The van der Waals surface area contributed by atoms with Crippen LogP contribution < -0.4 is 9.64 Å². The Bertz CT molecular complexity index is 1350. The Kier molecular flexibility index (Phi) is 9.29. The number of piperidine rings is 1. The van der Waals surface area contributed by atoms with Gasteiger partial charge in [-0.1, -0.05) is 37.6 Å². The first-order chi connectivity index (χ1) is 19.3. The quantitative estimate of drug-likeness (QED) is 0.279. The lowest BCUT2D eigenvalue weighted by Crippen LogP contribution is -2.39. The molecular weight excluding hydrogens is 538 g/mol. The van der Waals surface area contributed by atoms with Gasteiger partial charge in [0.25, 0.3) is 0 Å². The van der Waals surface area contributed by atoms with Crippen molar-refractivity contribution in [1.82, 2.24) is 9.97 Å². The largest absolute Gasteiger partial charge is 0.492 e. The molecule has 0 saturated carbocycles. The molecule has 1 saturated heterocycles. The van der Waals surface area contributed by atoms with Crippen molar-refractivity contribution in [3.05, 3.63) is 70.1 Å². The Hall–Kier alpha value is -3.16. The van der Waals surface area contributed by atoms with Gasteiger partial charge < -0.3 is 19.5 Å². The number of carboxylic acid groups (broad SMARTS) is 1. The molecule has 3 aromatic rings. The van der Waals surface area contributed by atoms with Gasteiger partial charge in [-0.2, -0.15) is 0 Å². The molecule has 4 rings (SSSR count). The van der Waals surface area contributed by atoms with Gasteiger partial charge in [-0.25, -0.2) is 4.79 Å². The maximum atomic E-state index is 12.6. The molecule has 0 unspecified atom stereocenters. The van der Waals surface area contributed by atoms with E-state index < -0.39 is 17.7 Å². The van der Waals surface area contributed by atoms with Crippen LogP contribution in [0.5, 0.6) is 5.75 Å². The minimum absolute atomic E-state index is 0.229. The van der Waals surface area contributed by atoms with Crippen LogP contribution >= 0.6 is 11.6 Å². The van der Waals surface area contributed by atoms with Crippen LogP contribution in [-0.4, -0.2) is 46.3 Å². The number of halogens is 1. The maximum Gasteiger partial charge on any atom is 0.337 e. The van der Waals surface area contributed by atoms with E-state index in [1.807, 2.05) is 65.0 Å². The maximum absolute atomic E-state index is 12.6. The monoisotopic (exact) mass is 579 g/mol. The minimum Gasteiger partial charge on any atom is -0.492 e. The topological polar surface area (TPSA) is 84.8 Å². The molecule has 41 heavy (non-hydrogen) atoms. The lowest BCUT2D eigenvalue weighted by molar-refractivity contribution is -0.160. The molecule has 7 nitrogen and oxygen atoms in total. The van der Waals surface area contributed by atoms with Gasteiger partial charge in [0.2, 0.25) is 0 Å². The van der Waals surface area contributed by atoms with E-state index in [4.69, 9.17) is 26.1 Å². The number of aliphatic carboxylic acids is 1. The van der Waals surface area contributed by atoms with Crippen LogP contribution in [0.25, 0.3) is 11.3 Å². The van der Waals surface area contributed by atoms with E-state index in [0.29, 0.717) is 35.7 Å². The van der Waals surface area contributed by atoms with E-state index in [-0.39, 0.29) is 5.41 Å². The highest BCUT2D eigenvalue weighted by molar-refractivity contribution is 6.31. The van der Waals surface area contributed by atoms with Crippen molar-refractivity contribution in [1.29, 1.82) is 0 Å². The lowest BCUT2D eigenvalue weighted by atomic mass is 9.82. The Labute approximate surface area is 248 Å². The smallest absolute Gasteiger partial charge is 0.337 e. The Balaban J connectivity index is 1.68. The van der Waals surface area contributed by atoms with Gasteiger partial charge >= 0.3 is 5.97 Å². The molecule has 1 atom stereocenters. The molecule has 0 radical (unpaired) electrons. The molecule has 2 aromatic heterocycles. The number of rotatable bonds is 9. The second kappa shape index (κ2) is 12.4. The summed E-state index contributed by atoms with van der Waals surface area (Å²) in [6.07, 6.45) is 5.03. The Morgan fingerprint density at radius 1 is 1.10 bits per heavy atom. The number of hydrogen-bond donors (Lipinski definition) is 1. The molecule has 1 aliphatic heterocycles. The van der Waals surface area contributed by atoms with Crippen molar-refractivity contribution in [2.24, 2.45) is 5.41 Å². The predicted octanol–water partition coefficient (Wildman–Crippen LogP) is 7.60. The number of pyridine rings is 2. The zero-order chi connectivity index (χ0) is 29.9. The zero-order valence-corrected chi connectivity index (χ0v) is 26.0. The zero-order valence-electron chi connectivity index (χ0n) is 25.3. The average molecular weight is 580 g/mol. The van der Waals surface area contributed by atoms with Gasteiger partial charge in [0.1, 0.15) is 5.75 Å². The first-order valence-corrected chi connectivity index (χ1v) is 14.6.